The highest BCUT2D eigenvalue weighted by molar-refractivity contribution is 6.31. The third kappa shape index (κ3) is 2.74. The summed E-state index contributed by atoms with van der Waals surface area (Å²) >= 11 is 5.93. The Morgan fingerprint density at radius 2 is 1.93 bits per heavy atom. The molecule has 0 bridgehead atoms. The molecule has 0 aromatic carbocycles. The molecule has 0 aliphatic rings. The van der Waals surface area contributed by atoms with Gasteiger partial charge in [-0.25, -0.2) is 0 Å². The van der Waals surface area contributed by atoms with E-state index in [1.54, 1.807) is 0 Å². The number of nitrogens with zero attached hydrogens (tertiary/aromatic N) is 2. The molecule has 5 heteroatoms. The summed E-state index contributed by atoms with van der Waals surface area (Å²) in [6.45, 7) is 5.38. The van der Waals surface area contributed by atoms with Crippen LogP contribution in [0.2, 0.25) is 5.15 Å². The van der Waals surface area contributed by atoms with Crippen molar-refractivity contribution < 1.29 is 0 Å². The van der Waals surface area contributed by atoms with Gasteiger partial charge in [0.25, 0.3) is 0 Å². The van der Waals surface area contributed by atoms with E-state index in [1.807, 2.05) is 13.8 Å². The molecule has 1 aromatic heterocycles. The SMILES string of the molecule is C#Cc1c(Cl)nc(NCC)nc1NCC. The van der Waals surface area contributed by atoms with Crippen LogP contribution in [0.3, 0.4) is 0 Å². The molecule has 0 amide bonds. The highest BCUT2D eigenvalue weighted by Crippen LogP contribution is 2.21. The van der Waals surface area contributed by atoms with E-state index in [2.05, 4.69) is 26.5 Å². The first-order valence-corrected chi connectivity index (χ1v) is 5.12. The first-order chi connectivity index (χ1) is 7.22. The summed E-state index contributed by atoms with van der Waals surface area (Å²) in [6, 6.07) is 0. The highest BCUT2D eigenvalue weighted by Gasteiger charge is 2.09. The molecule has 0 unspecified atom stereocenters. The first kappa shape index (κ1) is 11.6. The lowest BCUT2D eigenvalue weighted by Crippen LogP contribution is -2.08. The summed E-state index contributed by atoms with van der Waals surface area (Å²) in [6.07, 6.45) is 5.33. The highest BCUT2D eigenvalue weighted by atomic mass is 35.5. The Balaban J connectivity index is 3.14. The largest absolute Gasteiger partial charge is 0.369 e. The first-order valence-electron chi connectivity index (χ1n) is 4.74. The van der Waals surface area contributed by atoms with E-state index in [4.69, 9.17) is 18.0 Å². The fourth-order valence-electron chi connectivity index (χ4n) is 1.09. The molecule has 0 atom stereocenters. The second-order valence-corrected chi connectivity index (χ2v) is 3.12. The van der Waals surface area contributed by atoms with E-state index >= 15 is 0 Å². The van der Waals surface area contributed by atoms with Gasteiger partial charge in [0.1, 0.15) is 11.4 Å². The molecule has 0 radical (unpaired) electrons. The van der Waals surface area contributed by atoms with Crippen molar-refractivity contribution in [2.24, 2.45) is 0 Å². The zero-order valence-electron chi connectivity index (χ0n) is 8.76. The van der Waals surface area contributed by atoms with Gasteiger partial charge in [0.15, 0.2) is 5.15 Å². The number of nitrogens with one attached hydrogen (secondary N) is 2. The third-order valence-corrected chi connectivity index (χ3v) is 1.96. The van der Waals surface area contributed by atoms with E-state index in [-0.39, 0.29) is 0 Å². The summed E-state index contributed by atoms with van der Waals surface area (Å²) in [4.78, 5) is 8.26. The van der Waals surface area contributed by atoms with E-state index in [9.17, 15) is 0 Å². The van der Waals surface area contributed by atoms with Crippen molar-refractivity contribution in [1.29, 1.82) is 0 Å². The van der Waals surface area contributed by atoms with E-state index in [1.165, 1.54) is 0 Å². The summed E-state index contributed by atoms with van der Waals surface area (Å²) in [5, 5.41) is 6.32. The Bertz CT molecular complexity index is 384. The standard InChI is InChI=1S/C10H13ClN4/c1-4-7-8(11)14-10(13-6-3)15-9(7)12-5-2/h1H,5-6H2,2-3H3,(H2,12,13,14,15). The van der Waals surface area contributed by atoms with E-state index < -0.39 is 0 Å². The molecule has 1 rings (SSSR count). The van der Waals surface area contributed by atoms with Crippen molar-refractivity contribution in [3.8, 4) is 12.3 Å². The lowest BCUT2D eigenvalue weighted by Gasteiger charge is -2.09. The van der Waals surface area contributed by atoms with Crippen LogP contribution in [-0.2, 0) is 0 Å². The molecule has 2 N–H and O–H groups in total. The van der Waals surface area contributed by atoms with Crippen LogP contribution < -0.4 is 10.6 Å². The summed E-state index contributed by atoms with van der Waals surface area (Å²) in [5.41, 5.74) is 0.500. The topological polar surface area (TPSA) is 49.8 Å². The maximum atomic E-state index is 5.93. The van der Waals surface area contributed by atoms with E-state index in [0.29, 0.717) is 22.5 Å². The normalized spacial score (nSPS) is 9.47. The fourth-order valence-corrected chi connectivity index (χ4v) is 1.32. The van der Waals surface area contributed by atoms with Crippen LogP contribution in [-0.4, -0.2) is 23.1 Å². The number of hydrogen-bond acceptors (Lipinski definition) is 4. The number of halogens is 1. The molecular weight excluding hydrogens is 212 g/mol. The maximum Gasteiger partial charge on any atom is 0.226 e. The van der Waals surface area contributed by atoms with Crippen LogP contribution in [0.25, 0.3) is 0 Å². The van der Waals surface area contributed by atoms with Gasteiger partial charge in [-0.1, -0.05) is 17.5 Å². The fraction of sp³-hybridized carbons (Fsp3) is 0.400. The number of rotatable bonds is 4. The summed E-state index contributed by atoms with van der Waals surface area (Å²) in [5.74, 6) is 3.55. The van der Waals surface area contributed by atoms with Gasteiger partial charge in [-0.3, -0.25) is 0 Å². The quantitative estimate of drug-likeness (QED) is 0.607. The molecule has 4 nitrogen and oxygen atoms in total. The maximum absolute atomic E-state index is 5.93. The second-order valence-electron chi connectivity index (χ2n) is 2.77. The van der Waals surface area contributed by atoms with Crippen LogP contribution in [0.5, 0.6) is 0 Å². The van der Waals surface area contributed by atoms with Crippen LogP contribution in [0, 0.1) is 12.3 Å². The summed E-state index contributed by atoms with van der Waals surface area (Å²) < 4.78 is 0. The predicted molar refractivity (Wildman–Crippen MR) is 63.3 cm³/mol. The molecule has 0 fully saturated rings. The van der Waals surface area contributed by atoms with Gasteiger partial charge >= 0.3 is 0 Å². The van der Waals surface area contributed by atoms with Gasteiger partial charge in [-0.2, -0.15) is 9.97 Å². The minimum atomic E-state index is 0.291. The average Bonchev–Trinajstić information content (AvgIpc) is 2.18. The number of hydrogen-bond donors (Lipinski definition) is 2. The van der Waals surface area contributed by atoms with Crippen molar-refractivity contribution in [1.82, 2.24) is 9.97 Å². The number of aromatic nitrogens is 2. The minimum absolute atomic E-state index is 0.291. The van der Waals surface area contributed by atoms with Gasteiger partial charge in [-0.15, -0.1) is 6.42 Å². The molecule has 80 valence electrons. The molecule has 0 saturated carbocycles. The average molecular weight is 225 g/mol. The van der Waals surface area contributed by atoms with Crippen molar-refractivity contribution in [2.75, 3.05) is 23.7 Å². The van der Waals surface area contributed by atoms with E-state index in [0.717, 1.165) is 13.1 Å². The Labute approximate surface area is 94.5 Å². The Morgan fingerprint density at radius 1 is 1.27 bits per heavy atom. The molecule has 0 saturated heterocycles. The van der Waals surface area contributed by atoms with Crippen LogP contribution in [0.15, 0.2) is 0 Å². The van der Waals surface area contributed by atoms with Crippen LogP contribution in [0.4, 0.5) is 11.8 Å². The lowest BCUT2D eigenvalue weighted by atomic mass is 10.3. The van der Waals surface area contributed by atoms with Crippen LogP contribution in [0.1, 0.15) is 19.4 Å². The van der Waals surface area contributed by atoms with Crippen LogP contribution >= 0.6 is 11.6 Å². The van der Waals surface area contributed by atoms with Gasteiger partial charge in [-0.05, 0) is 13.8 Å². The Kier molecular flexibility index (Phi) is 4.19. The summed E-state index contributed by atoms with van der Waals surface area (Å²) in [7, 11) is 0. The lowest BCUT2D eigenvalue weighted by molar-refractivity contribution is 1.06. The predicted octanol–water partition coefficient (Wildman–Crippen LogP) is 1.97. The molecule has 1 heterocycles. The van der Waals surface area contributed by atoms with Gasteiger partial charge in [0, 0.05) is 13.1 Å². The number of anilines is 2. The monoisotopic (exact) mass is 224 g/mol. The van der Waals surface area contributed by atoms with Gasteiger partial charge in [0.05, 0.1) is 0 Å². The minimum Gasteiger partial charge on any atom is -0.369 e. The molecular formula is C10H13ClN4. The van der Waals surface area contributed by atoms with Crippen molar-refractivity contribution in [3.05, 3.63) is 10.7 Å². The molecule has 1 aromatic rings. The Morgan fingerprint density at radius 3 is 2.47 bits per heavy atom. The van der Waals surface area contributed by atoms with Gasteiger partial charge in [0.2, 0.25) is 5.95 Å². The molecule has 0 aliphatic carbocycles. The van der Waals surface area contributed by atoms with Crippen molar-refractivity contribution in [2.45, 2.75) is 13.8 Å². The van der Waals surface area contributed by atoms with Gasteiger partial charge < -0.3 is 10.6 Å². The third-order valence-electron chi connectivity index (χ3n) is 1.69. The zero-order valence-corrected chi connectivity index (χ0v) is 9.52. The molecule has 0 spiro atoms. The van der Waals surface area contributed by atoms with Crippen molar-refractivity contribution >= 4 is 23.4 Å². The second kappa shape index (κ2) is 5.42. The Hall–Kier alpha value is -1.47. The van der Waals surface area contributed by atoms with Crippen molar-refractivity contribution in [3.63, 3.8) is 0 Å². The molecule has 0 aliphatic heterocycles. The smallest absolute Gasteiger partial charge is 0.226 e. The molecule has 15 heavy (non-hydrogen) atoms. The number of terminal acetylenes is 1. The zero-order chi connectivity index (χ0) is 11.3.